The first kappa shape index (κ1) is 17.3. The van der Waals surface area contributed by atoms with Crippen molar-refractivity contribution in [3.05, 3.63) is 33.9 Å². The lowest BCUT2D eigenvalue weighted by Crippen LogP contribution is -2.47. The van der Waals surface area contributed by atoms with E-state index in [2.05, 4.69) is 0 Å². The molecular weight excluding hydrogens is 326 g/mol. The average Bonchev–Trinajstić information content (AvgIpc) is 2.52. The quantitative estimate of drug-likeness (QED) is 0.341. The van der Waals surface area contributed by atoms with E-state index in [9.17, 15) is 23.3 Å². The van der Waals surface area contributed by atoms with Gasteiger partial charge in [-0.3, -0.25) is 24.4 Å². The van der Waals surface area contributed by atoms with Gasteiger partial charge in [-0.2, -0.15) is 8.42 Å². The summed E-state index contributed by atoms with van der Waals surface area (Å²) in [4.78, 5) is 25.1. The molecule has 1 aliphatic rings. The topological polar surface area (TPSA) is 121 Å². The fourth-order valence-corrected chi connectivity index (χ4v) is 2.97. The molecule has 1 aromatic carbocycles. The number of benzene rings is 1. The van der Waals surface area contributed by atoms with Crippen LogP contribution in [0.4, 0.5) is 11.4 Å². The predicted molar refractivity (Wildman–Crippen MR) is 83.6 cm³/mol. The Bertz CT molecular complexity index is 698. The van der Waals surface area contributed by atoms with E-state index >= 15 is 0 Å². The lowest BCUT2D eigenvalue weighted by atomic mass is 10.1. The summed E-state index contributed by atoms with van der Waals surface area (Å²) >= 11 is 0. The minimum Gasteiger partial charge on any atom is -0.363 e. The summed E-state index contributed by atoms with van der Waals surface area (Å²) in [6, 6.07) is 4.32. The Morgan fingerprint density at radius 1 is 1.26 bits per heavy atom. The highest BCUT2D eigenvalue weighted by atomic mass is 32.2. The molecule has 0 unspecified atom stereocenters. The largest absolute Gasteiger partial charge is 0.363 e. The first-order valence-corrected chi connectivity index (χ1v) is 8.57. The molecule has 0 saturated carbocycles. The average molecular weight is 343 g/mol. The maximum absolute atomic E-state index is 11.2. The zero-order valence-corrected chi connectivity index (χ0v) is 13.1. The second-order valence-corrected chi connectivity index (χ2v) is 6.81. The van der Waals surface area contributed by atoms with Crippen molar-refractivity contribution in [2.24, 2.45) is 0 Å². The van der Waals surface area contributed by atoms with Crippen LogP contribution in [0.3, 0.4) is 0 Å². The molecule has 23 heavy (non-hydrogen) atoms. The number of hydrogen-bond donors (Lipinski definition) is 1. The smallest absolute Gasteiger partial charge is 0.293 e. The number of rotatable bonds is 6. The van der Waals surface area contributed by atoms with Crippen molar-refractivity contribution in [3.8, 4) is 0 Å². The summed E-state index contributed by atoms with van der Waals surface area (Å²) < 4.78 is 30.3. The van der Waals surface area contributed by atoms with Gasteiger partial charge in [-0.15, -0.1) is 0 Å². The van der Waals surface area contributed by atoms with Crippen LogP contribution >= 0.6 is 0 Å². The Morgan fingerprint density at radius 3 is 2.43 bits per heavy atom. The number of piperazine rings is 1. The monoisotopic (exact) mass is 343 g/mol. The van der Waals surface area contributed by atoms with Crippen LogP contribution in [-0.2, 0) is 10.1 Å². The molecule has 0 radical (unpaired) electrons. The van der Waals surface area contributed by atoms with Crippen molar-refractivity contribution in [1.29, 1.82) is 0 Å². The van der Waals surface area contributed by atoms with Crippen molar-refractivity contribution in [3.63, 3.8) is 0 Å². The Labute approximate surface area is 133 Å². The fourth-order valence-electron chi connectivity index (χ4n) is 2.48. The second-order valence-electron chi connectivity index (χ2n) is 5.24. The summed E-state index contributed by atoms with van der Waals surface area (Å²) in [5.41, 5.74) is 0.559. The summed E-state index contributed by atoms with van der Waals surface area (Å²) in [6.45, 7) is 2.27. The molecule has 1 heterocycles. The van der Waals surface area contributed by atoms with Gasteiger partial charge in [-0.1, -0.05) is 0 Å². The molecule has 1 N–H and O–H groups in total. The van der Waals surface area contributed by atoms with Gasteiger partial charge in [0.1, 0.15) is 12.0 Å². The van der Waals surface area contributed by atoms with Crippen LogP contribution in [0, 0.1) is 10.1 Å². The van der Waals surface area contributed by atoms with Gasteiger partial charge in [0.15, 0.2) is 0 Å². The molecule has 1 fully saturated rings. The van der Waals surface area contributed by atoms with Gasteiger partial charge >= 0.3 is 0 Å². The third-order valence-electron chi connectivity index (χ3n) is 3.71. The molecule has 0 aliphatic carbocycles. The molecule has 0 aromatic heterocycles. The van der Waals surface area contributed by atoms with E-state index in [0.717, 1.165) is 0 Å². The SMILES string of the molecule is O=Cc1ccc(N2CCN(CCS(=O)(=O)O)CC2)c([N+](=O)[O-])c1. The van der Waals surface area contributed by atoms with E-state index in [1.54, 1.807) is 6.07 Å². The third kappa shape index (κ3) is 4.71. The summed E-state index contributed by atoms with van der Waals surface area (Å²) in [5, 5.41) is 11.2. The number of aldehydes is 1. The van der Waals surface area contributed by atoms with Gasteiger partial charge in [0.05, 0.1) is 10.7 Å². The molecule has 1 saturated heterocycles. The first-order chi connectivity index (χ1) is 10.8. The molecule has 1 aliphatic heterocycles. The molecule has 2 rings (SSSR count). The highest BCUT2D eigenvalue weighted by Gasteiger charge is 2.24. The Morgan fingerprint density at radius 2 is 1.91 bits per heavy atom. The molecule has 10 heteroatoms. The van der Waals surface area contributed by atoms with Gasteiger partial charge in [0.2, 0.25) is 0 Å². The zero-order valence-electron chi connectivity index (χ0n) is 12.3. The Hall–Kier alpha value is -2.04. The fraction of sp³-hybridized carbons (Fsp3) is 0.462. The van der Waals surface area contributed by atoms with Crippen LogP contribution in [0.1, 0.15) is 10.4 Å². The number of nitro groups is 1. The minimum atomic E-state index is -3.99. The van der Waals surface area contributed by atoms with E-state index in [1.165, 1.54) is 12.1 Å². The van der Waals surface area contributed by atoms with E-state index in [0.29, 0.717) is 38.2 Å². The van der Waals surface area contributed by atoms with Crippen molar-refractivity contribution >= 4 is 27.8 Å². The van der Waals surface area contributed by atoms with Crippen molar-refractivity contribution < 1.29 is 22.7 Å². The van der Waals surface area contributed by atoms with Gasteiger partial charge in [-0.25, -0.2) is 0 Å². The number of hydrogen-bond acceptors (Lipinski definition) is 7. The molecule has 0 atom stereocenters. The molecule has 1 aromatic rings. The molecule has 0 bridgehead atoms. The number of nitrogens with zero attached hydrogens (tertiary/aromatic N) is 3. The van der Waals surface area contributed by atoms with Crippen molar-refractivity contribution in [2.45, 2.75) is 0 Å². The molecule has 9 nitrogen and oxygen atoms in total. The van der Waals surface area contributed by atoms with Crippen LogP contribution in [0.2, 0.25) is 0 Å². The highest BCUT2D eigenvalue weighted by molar-refractivity contribution is 7.85. The second kappa shape index (κ2) is 7.02. The van der Waals surface area contributed by atoms with E-state index < -0.39 is 15.0 Å². The molecule has 0 amide bonds. The molecular formula is C13H17N3O6S. The third-order valence-corrected chi connectivity index (χ3v) is 4.41. The van der Waals surface area contributed by atoms with E-state index in [-0.39, 0.29) is 23.5 Å². The number of nitro benzene ring substituents is 1. The lowest BCUT2D eigenvalue weighted by molar-refractivity contribution is -0.384. The Balaban J connectivity index is 2.05. The maximum Gasteiger partial charge on any atom is 0.293 e. The number of anilines is 1. The molecule has 0 spiro atoms. The summed E-state index contributed by atoms with van der Waals surface area (Å²) in [6.07, 6.45) is 0.560. The van der Waals surface area contributed by atoms with Crippen molar-refractivity contribution in [2.75, 3.05) is 43.4 Å². The van der Waals surface area contributed by atoms with Crippen LogP contribution in [0.5, 0.6) is 0 Å². The zero-order chi connectivity index (χ0) is 17.0. The normalized spacial score (nSPS) is 16.3. The maximum atomic E-state index is 11.2. The summed E-state index contributed by atoms with van der Waals surface area (Å²) in [5.74, 6) is -0.332. The van der Waals surface area contributed by atoms with E-state index in [1.807, 2.05) is 9.80 Å². The minimum absolute atomic E-state index is 0.124. The van der Waals surface area contributed by atoms with Gasteiger partial charge < -0.3 is 4.90 Å². The summed E-state index contributed by atoms with van der Waals surface area (Å²) in [7, 11) is -3.99. The number of carbonyl (C=O) groups excluding carboxylic acids is 1. The Kier molecular flexibility index (Phi) is 5.29. The van der Waals surface area contributed by atoms with Crippen LogP contribution in [-0.4, -0.2) is 67.6 Å². The highest BCUT2D eigenvalue weighted by Crippen LogP contribution is 2.29. The standard InChI is InChI=1S/C13H17N3O6S/c17-10-11-1-2-12(13(9-11)16(18)19)15-5-3-14(4-6-15)7-8-23(20,21)22/h1-2,9-10H,3-8H2,(H,20,21,22). The van der Waals surface area contributed by atoms with Gasteiger partial charge in [0.25, 0.3) is 15.8 Å². The predicted octanol–water partition coefficient (Wildman–Crippen LogP) is 0.417. The van der Waals surface area contributed by atoms with E-state index in [4.69, 9.17) is 4.55 Å². The van der Waals surface area contributed by atoms with Crippen LogP contribution < -0.4 is 4.90 Å². The van der Waals surface area contributed by atoms with Crippen LogP contribution in [0.15, 0.2) is 18.2 Å². The van der Waals surface area contributed by atoms with Crippen molar-refractivity contribution in [1.82, 2.24) is 4.90 Å². The number of carbonyl (C=O) groups is 1. The van der Waals surface area contributed by atoms with Crippen LogP contribution in [0.25, 0.3) is 0 Å². The molecule has 126 valence electrons. The first-order valence-electron chi connectivity index (χ1n) is 6.96. The van der Waals surface area contributed by atoms with Gasteiger partial charge in [0, 0.05) is 44.4 Å². The lowest BCUT2D eigenvalue weighted by Gasteiger charge is -2.35. The van der Waals surface area contributed by atoms with Gasteiger partial charge in [-0.05, 0) is 12.1 Å².